The maximum absolute atomic E-state index is 13.3. The Balaban J connectivity index is 2.59. The molecule has 2 rings (SSSR count). The molecule has 0 N–H and O–H groups in total. The largest absolute Gasteiger partial charge is 0.486 e. The van der Waals surface area contributed by atoms with Gasteiger partial charge in [-0.3, -0.25) is 0 Å². The summed E-state index contributed by atoms with van der Waals surface area (Å²) in [6.07, 6.45) is -6.47. The topological polar surface area (TPSA) is 12.5 Å². The van der Waals surface area contributed by atoms with Gasteiger partial charge in [-0.2, -0.15) is 26.3 Å². The van der Waals surface area contributed by atoms with Crippen molar-refractivity contribution in [1.82, 2.24) is 5.06 Å². The van der Waals surface area contributed by atoms with E-state index in [1.165, 1.54) is 0 Å². The van der Waals surface area contributed by atoms with Crippen LogP contribution in [0.15, 0.2) is 11.9 Å². The zero-order valence-corrected chi connectivity index (χ0v) is 6.96. The van der Waals surface area contributed by atoms with E-state index in [-0.39, 0.29) is 0 Å². The van der Waals surface area contributed by atoms with Crippen LogP contribution >= 0.6 is 0 Å². The predicted molar refractivity (Wildman–Crippen MR) is 30.8 cm³/mol. The Kier molecular flexibility index (Phi) is 1.81. The summed E-state index contributed by atoms with van der Waals surface area (Å²) in [6.45, 7) is 0. The van der Waals surface area contributed by atoms with Crippen molar-refractivity contribution in [3.05, 3.63) is 11.9 Å². The monoisotopic (exact) mass is 255 g/mol. The summed E-state index contributed by atoms with van der Waals surface area (Å²) in [7, 11) is 0. The first-order valence-corrected chi connectivity index (χ1v) is 3.67. The van der Waals surface area contributed by atoms with Crippen molar-refractivity contribution in [2.24, 2.45) is 0 Å². The number of nitrogens with zero attached hydrogens (tertiary/aromatic N) is 1. The van der Waals surface area contributed by atoms with Crippen LogP contribution in [0.5, 0.6) is 0 Å². The number of rotatable bonds is 0. The van der Waals surface area contributed by atoms with Crippen molar-refractivity contribution < 1.29 is 40.0 Å². The molecule has 10 heteroatoms. The highest BCUT2D eigenvalue weighted by atomic mass is 19.4. The van der Waals surface area contributed by atoms with Crippen LogP contribution in [-0.4, -0.2) is 28.9 Å². The molecule has 1 heterocycles. The molecule has 1 aliphatic carbocycles. The second kappa shape index (κ2) is 2.50. The lowest BCUT2D eigenvalue weighted by Crippen LogP contribution is -2.55. The van der Waals surface area contributed by atoms with Gasteiger partial charge in [0.15, 0.2) is 5.83 Å². The van der Waals surface area contributed by atoms with Crippen LogP contribution in [0.1, 0.15) is 0 Å². The lowest BCUT2D eigenvalue weighted by molar-refractivity contribution is -0.422. The lowest BCUT2D eigenvalue weighted by Gasteiger charge is -2.29. The molecule has 0 aromatic rings. The summed E-state index contributed by atoms with van der Waals surface area (Å²) >= 11 is 0. The van der Waals surface area contributed by atoms with E-state index < -0.39 is 40.8 Å². The quantitative estimate of drug-likeness (QED) is 0.487. The first-order valence-electron chi connectivity index (χ1n) is 3.67. The zero-order chi connectivity index (χ0) is 12.6. The number of fused-ring (bicyclic) bond motifs is 2. The Morgan fingerprint density at radius 3 is 1.88 bits per heavy atom. The molecule has 2 atom stereocenters. The highest BCUT2D eigenvalue weighted by Crippen LogP contribution is 2.64. The molecule has 0 amide bonds. The molecule has 2 bridgehead atoms. The van der Waals surface area contributed by atoms with E-state index in [2.05, 4.69) is 4.84 Å². The van der Waals surface area contributed by atoms with Gasteiger partial charge >= 0.3 is 23.9 Å². The van der Waals surface area contributed by atoms with Gasteiger partial charge in [-0.1, -0.05) is 0 Å². The predicted octanol–water partition coefficient (Wildman–Crippen LogP) is 2.59. The highest BCUT2D eigenvalue weighted by Gasteiger charge is 2.88. The van der Waals surface area contributed by atoms with E-state index in [4.69, 9.17) is 0 Å². The summed E-state index contributed by atoms with van der Waals surface area (Å²) in [4.78, 5) is 3.10. The molecule has 1 fully saturated rings. The molecular weight excluding hydrogens is 254 g/mol. The average molecular weight is 255 g/mol. The summed E-state index contributed by atoms with van der Waals surface area (Å²) < 4.78 is 101. The van der Waals surface area contributed by atoms with E-state index in [1.54, 1.807) is 0 Å². The Hall–Kier alpha value is -0.900. The van der Waals surface area contributed by atoms with Gasteiger partial charge in [0.25, 0.3) is 0 Å². The molecule has 92 valence electrons. The minimum Gasteiger partial charge on any atom is -0.236 e. The molecule has 0 aromatic heterocycles. The molecular formula is C6HF8NO. The van der Waals surface area contributed by atoms with Gasteiger partial charge < -0.3 is 0 Å². The summed E-state index contributed by atoms with van der Waals surface area (Å²) in [5.74, 6) is -17.4. The molecule has 2 unspecified atom stereocenters. The molecule has 16 heavy (non-hydrogen) atoms. The van der Waals surface area contributed by atoms with Crippen LogP contribution in [0, 0.1) is 0 Å². The third-order valence-corrected chi connectivity index (χ3v) is 2.21. The van der Waals surface area contributed by atoms with Crippen LogP contribution in [0.3, 0.4) is 0 Å². The number of halogens is 8. The van der Waals surface area contributed by atoms with Crippen LogP contribution < -0.4 is 0 Å². The van der Waals surface area contributed by atoms with Crippen molar-refractivity contribution in [2.45, 2.75) is 23.9 Å². The number of alkyl halides is 7. The van der Waals surface area contributed by atoms with Crippen molar-refractivity contribution in [1.29, 1.82) is 0 Å². The Morgan fingerprint density at radius 1 is 1.12 bits per heavy atom. The van der Waals surface area contributed by atoms with Gasteiger partial charge in [0.2, 0.25) is 0 Å². The fourth-order valence-electron chi connectivity index (χ4n) is 1.46. The zero-order valence-electron chi connectivity index (χ0n) is 6.96. The van der Waals surface area contributed by atoms with E-state index in [0.717, 1.165) is 0 Å². The number of hydroxylamine groups is 2. The molecule has 2 nitrogen and oxygen atoms in total. The normalized spacial score (nSPS) is 42.6. The summed E-state index contributed by atoms with van der Waals surface area (Å²) in [5, 5.41) is -1.96. The molecule has 1 saturated heterocycles. The van der Waals surface area contributed by atoms with Crippen molar-refractivity contribution in [2.75, 3.05) is 0 Å². The van der Waals surface area contributed by atoms with Crippen LogP contribution in [0.25, 0.3) is 0 Å². The molecule has 1 aliphatic heterocycles. The SMILES string of the molecule is FC1=CC2(F)ON(C(F)(F)F)C1(F)C2(F)F. The molecule has 0 radical (unpaired) electrons. The molecule has 0 aromatic carbocycles. The highest BCUT2D eigenvalue weighted by molar-refractivity contribution is 5.34. The van der Waals surface area contributed by atoms with Crippen molar-refractivity contribution in [3.63, 3.8) is 0 Å². The Labute approximate surface area is 82.0 Å². The minimum atomic E-state index is -5.81. The second-order valence-corrected chi connectivity index (χ2v) is 3.19. The van der Waals surface area contributed by atoms with Gasteiger partial charge in [0, 0.05) is 6.08 Å². The van der Waals surface area contributed by atoms with Crippen LogP contribution in [-0.2, 0) is 4.84 Å². The maximum Gasteiger partial charge on any atom is 0.486 e. The van der Waals surface area contributed by atoms with Gasteiger partial charge in [0.05, 0.1) is 0 Å². The van der Waals surface area contributed by atoms with Crippen LogP contribution in [0.4, 0.5) is 35.1 Å². The molecule has 2 aliphatic rings. The fraction of sp³-hybridized carbons (Fsp3) is 0.667. The molecule has 0 spiro atoms. The smallest absolute Gasteiger partial charge is 0.236 e. The standard InChI is InChI=1S/C6HF8NO/c7-2-1-3(8)5(10,11)4(2,9)15(16-3)6(12,13)14/h1H. The van der Waals surface area contributed by atoms with E-state index >= 15 is 0 Å². The lowest BCUT2D eigenvalue weighted by atomic mass is 10.1. The fourth-order valence-corrected chi connectivity index (χ4v) is 1.46. The third kappa shape index (κ3) is 0.943. The van der Waals surface area contributed by atoms with Crippen LogP contribution in [0.2, 0.25) is 0 Å². The maximum atomic E-state index is 13.3. The molecule has 0 saturated carbocycles. The average Bonchev–Trinajstić information content (AvgIpc) is 2.30. The summed E-state index contributed by atoms with van der Waals surface area (Å²) in [6, 6.07) is 0. The Bertz CT molecular complexity index is 377. The van der Waals surface area contributed by atoms with Crippen molar-refractivity contribution >= 4 is 0 Å². The van der Waals surface area contributed by atoms with E-state index in [0.29, 0.717) is 0 Å². The van der Waals surface area contributed by atoms with E-state index in [1.807, 2.05) is 0 Å². The van der Waals surface area contributed by atoms with E-state index in [9.17, 15) is 35.1 Å². The number of hydrogen-bond donors (Lipinski definition) is 0. The third-order valence-electron chi connectivity index (χ3n) is 2.21. The first kappa shape index (κ1) is 11.6. The van der Waals surface area contributed by atoms with Gasteiger partial charge in [0.1, 0.15) is 0 Å². The van der Waals surface area contributed by atoms with Gasteiger partial charge in [-0.05, 0) is 5.06 Å². The Morgan fingerprint density at radius 2 is 1.62 bits per heavy atom. The van der Waals surface area contributed by atoms with Gasteiger partial charge in [-0.25, -0.2) is 13.6 Å². The second-order valence-electron chi connectivity index (χ2n) is 3.19. The van der Waals surface area contributed by atoms with Gasteiger partial charge in [-0.15, -0.1) is 0 Å². The summed E-state index contributed by atoms with van der Waals surface area (Å²) in [5.41, 5.74) is 0. The minimum absolute atomic E-state index is 0.658. The number of hydrogen-bond acceptors (Lipinski definition) is 2. The first-order chi connectivity index (χ1) is 6.97. The van der Waals surface area contributed by atoms with Crippen molar-refractivity contribution in [3.8, 4) is 0 Å².